The summed E-state index contributed by atoms with van der Waals surface area (Å²) in [6.07, 6.45) is -0.928. The van der Waals surface area contributed by atoms with E-state index in [2.05, 4.69) is 25.2 Å². The number of rotatable bonds is 17. The first-order valence-corrected chi connectivity index (χ1v) is 17.4. The van der Waals surface area contributed by atoms with Crippen LogP contribution < -0.4 is 4.74 Å². The zero-order chi connectivity index (χ0) is 39.3. The SMILES string of the molecule is CCCCc1nc(Cl)c(C(=O)OC(C)OC(=O)OCC)n1Cc1ccc(-c2ccccc2-c2nnn(COC(=O)Oc3cccc(CON(O)O)c3)n2)cc1. The number of nitrogens with zero attached hydrogens (tertiary/aromatic N) is 7. The molecule has 5 rings (SSSR count). The molecule has 0 spiro atoms. The van der Waals surface area contributed by atoms with Gasteiger partial charge >= 0.3 is 18.3 Å². The van der Waals surface area contributed by atoms with Gasteiger partial charge in [0.25, 0.3) is 0 Å². The number of carbonyl (C=O) groups excluding carboxylic acids is 3. The van der Waals surface area contributed by atoms with Crippen molar-refractivity contribution in [3.05, 3.63) is 101 Å². The maximum absolute atomic E-state index is 13.3. The van der Waals surface area contributed by atoms with Gasteiger partial charge in [-0.2, -0.15) is 0 Å². The average molecular weight is 780 g/mol. The fourth-order valence-corrected chi connectivity index (χ4v) is 5.53. The molecule has 0 amide bonds. The van der Waals surface area contributed by atoms with Crippen LogP contribution in [-0.4, -0.2) is 76.7 Å². The van der Waals surface area contributed by atoms with E-state index in [1.165, 1.54) is 19.1 Å². The molecular formula is C36H38ClN7O11. The number of benzene rings is 3. The van der Waals surface area contributed by atoms with Crippen LogP contribution in [0.25, 0.3) is 22.5 Å². The summed E-state index contributed by atoms with van der Waals surface area (Å²) >= 11 is 6.47. The molecule has 0 aliphatic heterocycles. The highest BCUT2D eigenvalue weighted by atomic mass is 35.5. The van der Waals surface area contributed by atoms with Gasteiger partial charge in [-0.15, -0.1) is 15.0 Å². The smallest absolute Gasteiger partial charge is 0.435 e. The summed E-state index contributed by atoms with van der Waals surface area (Å²) < 4.78 is 27.1. The van der Waals surface area contributed by atoms with Crippen LogP contribution in [0.1, 0.15) is 61.1 Å². The van der Waals surface area contributed by atoms with Crippen molar-refractivity contribution >= 4 is 29.9 Å². The Morgan fingerprint density at radius 2 is 1.67 bits per heavy atom. The lowest BCUT2D eigenvalue weighted by atomic mass is 9.98. The highest BCUT2D eigenvalue weighted by Crippen LogP contribution is 2.31. The van der Waals surface area contributed by atoms with Crippen molar-refractivity contribution in [2.45, 2.75) is 66.2 Å². The standard InChI is InChI=1S/C36H38ClN7O11/c1-4-6-14-30-38-32(37)31(34(45)53-23(3)54-35(46)50-5-2)42(30)20-24-15-17-26(18-16-24)28-12-7-8-13-29(28)33-39-41-43(40-33)22-51-36(47)55-27-11-9-10-25(19-27)21-52-44(48)49/h7-13,15-19,23,48-49H,4-6,14,20-22H2,1-3H3. The minimum Gasteiger partial charge on any atom is -0.435 e. The number of unbranched alkanes of at least 4 members (excludes halogenated alkanes) is 1. The number of carbonyl (C=O) groups is 3. The number of hydrogen-bond acceptors (Lipinski definition) is 16. The van der Waals surface area contributed by atoms with Crippen molar-refractivity contribution in [2.24, 2.45) is 0 Å². The molecule has 1 unspecified atom stereocenters. The van der Waals surface area contributed by atoms with E-state index in [1.54, 1.807) is 23.6 Å². The Morgan fingerprint density at radius 3 is 2.40 bits per heavy atom. The molecule has 0 aliphatic carbocycles. The summed E-state index contributed by atoms with van der Waals surface area (Å²) in [6.45, 7) is 4.85. The lowest BCUT2D eigenvalue weighted by molar-refractivity contribution is -0.497. The third-order valence-corrected chi connectivity index (χ3v) is 7.98. The van der Waals surface area contributed by atoms with Crippen LogP contribution in [0, 0.1) is 0 Å². The molecular weight excluding hydrogens is 742 g/mol. The number of imidazole rings is 1. The molecule has 19 heteroatoms. The maximum atomic E-state index is 13.3. The van der Waals surface area contributed by atoms with Crippen LogP contribution >= 0.6 is 11.6 Å². The van der Waals surface area contributed by atoms with Gasteiger partial charge in [0, 0.05) is 25.5 Å². The van der Waals surface area contributed by atoms with Crippen LogP contribution in [0.2, 0.25) is 5.15 Å². The Balaban J connectivity index is 1.26. The van der Waals surface area contributed by atoms with Gasteiger partial charge < -0.3 is 28.3 Å². The molecule has 18 nitrogen and oxygen atoms in total. The Labute approximate surface area is 319 Å². The van der Waals surface area contributed by atoms with Crippen LogP contribution in [0.4, 0.5) is 9.59 Å². The Kier molecular flexibility index (Phi) is 14.2. The zero-order valence-electron chi connectivity index (χ0n) is 30.0. The molecule has 0 saturated carbocycles. The third kappa shape index (κ3) is 11.3. The first-order chi connectivity index (χ1) is 26.5. The second-order valence-electron chi connectivity index (χ2n) is 11.7. The molecule has 2 heterocycles. The Bertz CT molecular complexity index is 2070. The monoisotopic (exact) mass is 779 g/mol. The van der Waals surface area contributed by atoms with E-state index < -0.39 is 30.0 Å². The van der Waals surface area contributed by atoms with Crippen molar-refractivity contribution < 1.29 is 53.3 Å². The zero-order valence-corrected chi connectivity index (χ0v) is 30.8. The number of ether oxygens (including phenoxy) is 5. The third-order valence-electron chi connectivity index (χ3n) is 7.72. The predicted molar refractivity (Wildman–Crippen MR) is 190 cm³/mol. The summed E-state index contributed by atoms with van der Waals surface area (Å²) in [5.41, 5.74) is 3.68. The normalized spacial score (nSPS) is 11.6. The number of tetrazole rings is 1. The molecule has 0 aliphatic rings. The average Bonchev–Trinajstić information content (AvgIpc) is 3.76. The van der Waals surface area contributed by atoms with E-state index in [1.807, 2.05) is 55.5 Å². The van der Waals surface area contributed by atoms with Gasteiger partial charge in [0.15, 0.2) is 10.8 Å². The number of hydrogen-bond donors (Lipinski definition) is 2. The summed E-state index contributed by atoms with van der Waals surface area (Å²) in [4.78, 5) is 47.4. The Morgan fingerprint density at radius 1 is 0.909 bits per heavy atom. The summed E-state index contributed by atoms with van der Waals surface area (Å²) in [5, 5.41) is 29.5. The van der Waals surface area contributed by atoms with Gasteiger partial charge in [0.05, 0.1) is 18.6 Å². The van der Waals surface area contributed by atoms with E-state index >= 15 is 0 Å². The fourth-order valence-electron chi connectivity index (χ4n) is 5.25. The molecule has 0 bridgehead atoms. The molecule has 2 N–H and O–H groups in total. The quantitative estimate of drug-likeness (QED) is 0.0334. The molecule has 55 heavy (non-hydrogen) atoms. The molecule has 290 valence electrons. The van der Waals surface area contributed by atoms with Crippen molar-refractivity contribution in [2.75, 3.05) is 6.61 Å². The van der Waals surface area contributed by atoms with Gasteiger partial charge in [0.2, 0.25) is 18.8 Å². The van der Waals surface area contributed by atoms with Gasteiger partial charge in [0.1, 0.15) is 11.6 Å². The first kappa shape index (κ1) is 40.3. The summed E-state index contributed by atoms with van der Waals surface area (Å²) in [6, 6.07) is 21.3. The number of esters is 1. The highest BCUT2D eigenvalue weighted by Gasteiger charge is 2.26. The number of aromatic nitrogens is 6. The minimum atomic E-state index is -1.23. The lowest BCUT2D eigenvalue weighted by Crippen LogP contribution is -2.24. The number of halogens is 1. The highest BCUT2D eigenvalue weighted by molar-refractivity contribution is 6.32. The molecule has 3 aromatic carbocycles. The van der Waals surface area contributed by atoms with Gasteiger partial charge in [-0.3, -0.25) is 10.4 Å². The number of aryl methyl sites for hydroxylation is 1. The van der Waals surface area contributed by atoms with Gasteiger partial charge in [-0.05, 0) is 52.9 Å². The Hall–Kier alpha value is -5.92. The van der Waals surface area contributed by atoms with Crippen LogP contribution in [0.5, 0.6) is 5.75 Å². The molecule has 0 fully saturated rings. The largest absolute Gasteiger partial charge is 0.515 e. The molecule has 0 radical (unpaired) electrons. The van der Waals surface area contributed by atoms with Crippen molar-refractivity contribution in [1.29, 1.82) is 0 Å². The fraction of sp³-hybridized carbons (Fsp3) is 0.306. The molecule has 1 atom stereocenters. The molecule has 0 saturated heterocycles. The van der Waals surface area contributed by atoms with Gasteiger partial charge in [-0.1, -0.05) is 85.6 Å². The van der Waals surface area contributed by atoms with Crippen molar-refractivity contribution in [1.82, 2.24) is 35.1 Å². The van der Waals surface area contributed by atoms with E-state index in [0.29, 0.717) is 23.4 Å². The van der Waals surface area contributed by atoms with Crippen LogP contribution in [0.15, 0.2) is 72.8 Å². The summed E-state index contributed by atoms with van der Waals surface area (Å²) in [5.74, 6) is 0.227. The van der Waals surface area contributed by atoms with E-state index in [-0.39, 0.29) is 48.9 Å². The van der Waals surface area contributed by atoms with E-state index in [9.17, 15) is 14.4 Å². The summed E-state index contributed by atoms with van der Waals surface area (Å²) in [7, 11) is 0. The van der Waals surface area contributed by atoms with E-state index in [0.717, 1.165) is 34.3 Å². The second kappa shape index (κ2) is 19.4. The van der Waals surface area contributed by atoms with E-state index in [4.69, 9.17) is 45.7 Å². The molecule has 2 aromatic heterocycles. The maximum Gasteiger partial charge on any atom is 0.515 e. The van der Waals surface area contributed by atoms with Crippen molar-refractivity contribution in [3.8, 4) is 28.3 Å². The van der Waals surface area contributed by atoms with Gasteiger partial charge in [-0.25, -0.2) is 24.2 Å². The van der Waals surface area contributed by atoms with Crippen LogP contribution in [0.3, 0.4) is 0 Å². The lowest BCUT2D eigenvalue weighted by Gasteiger charge is -2.16. The predicted octanol–water partition coefficient (Wildman–Crippen LogP) is 6.61. The topological polar surface area (TPSA) is 212 Å². The first-order valence-electron chi connectivity index (χ1n) is 17.0. The molecule has 5 aromatic rings. The second-order valence-corrected chi connectivity index (χ2v) is 12.0. The minimum absolute atomic E-state index is 0.0238. The van der Waals surface area contributed by atoms with Crippen molar-refractivity contribution in [3.63, 3.8) is 0 Å². The van der Waals surface area contributed by atoms with Crippen LogP contribution in [-0.2, 0) is 50.1 Å².